The zero-order valence-electron chi connectivity index (χ0n) is 10.7. The molecule has 94 valence electrons. The van der Waals surface area contributed by atoms with Gasteiger partial charge in [0, 0.05) is 12.5 Å². The van der Waals surface area contributed by atoms with E-state index in [0.717, 1.165) is 12.2 Å². The molecule has 1 heterocycles. The molecule has 1 aliphatic carbocycles. The number of fused-ring (bicyclic) bond motifs is 1. The minimum atomic E-state index is 0.489. The molecule has 3 rings (SSSR count). The van der Waals surface area contributed by atoms with Gasteiger partial charge in [0.25, 0.3) is 0 Å². The Kier molecular flexibility index (Phi) is 3.20. The standard InChI is InChI=1S/C16H19NO/c1-17-16(11-15-7-4-8-18-15)14-9-12-5-2-3-6-13(12)10-14/h2-8,14,16-17H,9-11H2,1H3. The third-order valence-electron chi connectivity index (χ3n) is 4.02. The fourth-order valence-corrected chi connectivity index (χ4v) is 3.03. The summed E-state index contributed by atoms with van der Waals surface area (Å²) in [5, 5.41) is 3.46. The third kappa shape index (κ3) is 2.21. The monoisotopic (exact) mass is 241 g/mol. The van der Waals surface area contributed by atoms with Gasteiger partial charge in [-0.1, -0.05) is 24.3 Å². The summed E-state index contributed by atoms with van der Waals surface area (Å²) >= 11 is 0. The molecule has 1 aromatic heterocycles. The van der Waals surface area contributed by atoms with E-state index in [1.54, 1.807) is 6.26 Å². The highest BCUT2D eigenvalue weighted by molar-refractivity contribution is 5.32. The van der Waals surface area contributed by atoms with Crippen LogP contribution in [0.2, 0.25) is 0 Å². The van der Waals surface area contributed by atoms with E-state index in [4.69, 9.17) is 4.42 Å². The molecule has 1 unspecified atom stereocenters. The summed E-state index contributed by atoms with van der Waals surface area (Å²) < 4.78 is 5.46. The van der Waals surface area contributed by atoms with Crippen LogP contribution in [0.4, 0.5) is 0 Å². The number of nitrogens with one attached hydrogen (secondary N) is 1. The molecule has 2 heteroatoms. The van der Waals surface area contributed by atoms with Gasteiger partial charge in [0.05, 0.1) is 6.26 Å². The fourth-order valence-electron chi connectivity index (χ4n) is 3.03. The van der Waals surface area contributed by atoms with E-state index in [1.807, 2.05) is 6.07 Å². The second-order valence-electron chi connectivity index (χ2n) is 5.12. The van der Waals surface area contributed by atoms with Crippen molar-refractivity contribution >= 4 is 0 Å². The van der Waals surface area contributed by atoms with Crippen LogP contribution in [-0.2, 0) is 19.3 Å². The highest BCUT2D eigenvalue weighted by Gasteiger charge is 2.28. The molecule has 0 fully saturated rings. The predicted molar refractivity (Wildman–Crippen MR) is 72.6 cm³/mol. The lowest BCUT2D eigenvalue weighted by Crippen LogP contribution is -2.36. The molecule has 0 saturated heterocycles. The minimum absolute atomic E-state index is 0.489. The number of likely N-dealkylation sites (N-methyl/N-ethyl adjacent to an activating group) is 1. The summed E-state index contributed by atoms with van der Waals surface area (Å²) in [7, 11) is 2.05. The summed E-state index contributed by atoms with van der Waals surface area (Å²) in [6, 6.07) is 13.3. The smallest absolute Gasteiger partial charge is 0.105 e. The average molecular weight is 241 g/mol. The van der Waals surface area contributed by atoms with Crippen molar-refractivity contribution in [3.8, 4) is 0 Å². The van der Waals surface area contributed by atoms with Crippen molar-refractivity contribution in [2.45, 2.75) is 25.3 Å². The maximum atomic E-state index is 5.46. The highest BCUT2D eigenvalue weighted by Crippen LogP contribution is 2.29. The second-order valence-corrected chi connectivity index (χ2v) is 5.12. The van der Waals surface area contributed by atoms with Crippen LogP contribution in [-0.4, -0.2) is 13.1 Å². The van der Waals surface area contributed by atoms with Crippen LogP contribution in [0.3, 0.4) is 0 Å². The molecule has 18 heavy (non-hydrogen) atoms. The van der Waals surface area contributed by atoms with Crippen LogP contribution in [0.5, 0.6) is 0 Å². The largest absolute Gasteiger partial charge is 0.469 e. The Labute approximate surface area is 108 Å². The number of benzene rings is 1. The average Bonchev–Trinajstić information content (AvgIpc) is 3.04. The van der Waals surface area contributed by atoms with Gasteiger partial charge in [0.2, 0.25) is 0 Å². The highest BCUT2D eigenvalue weighted by atomic mass is 16.3. The first-order valence-electron chi connectivity index (χ1n) is 6.63. The first-order valence-corrected chi connectivity index (χ1v) is 6.63. The number of rotatable bonds is 4. The molecule has 1 aliphatic rings. The molecule has 0 aliphatic heterocycles. The molecular formula is C16H19NO. The summed E-state index contributed by atoms with van der Waals surface area (Å²) in [6.07, 6.45) is 5.10. The van der Waals surface area contributed by atoms with Gasteiger partial charge in [-0.2, -0.15) is 0 Å². The van der Waals surface area contributed by atoms with Gasteiger partial charge in [-0.3, -0.25) is 0 Å². The molecule has 1 aromatic carbocycles. The Hall–Kier alpha value is -1.54. The molecule has 0 radical (unpaired) electrons. The Morgan fingerprint density at radius 2 is 1.89 bits per heavy atom. The molecule has 0 amide bonds. The summed E-state index contributed by atoms with van der Waals surface area (Å²) in [5.74, 6) is 1.75. The van der Waals surface area contributed by atoms with Crippen molar-refractivity contribution in [1.82, 2.24) is 5.32 Å². The van der Waals surface area contributed by atoms with Gasteiger partial charge >= 0.3 is 0 Å². The van der Waals surface area contributed by atoms with E-state index in [-0.39, 0.29) is 0 Å². The van der Waals surface area contributed by atoms with Crippen molar-refractivity contribution in [2.24, 2.45) is 5.92 Å². The quantitative estimate of drug-likeness (QED) is 0.890. The first kappa shape index (κ1) is 11.5. The maximum Gasteiger partial charge on any atom is 0.105 e. The Morgan fingerprint density at radius 3 is 2.44 bits per heavy atom. The summed E-state index contributed by atoms with van der Waals surface area (Å²) in [6.45, 7) is 0. The van der Waals surface area contributed by atoms with Crippen LogP contribution >= 0.6 is 0 Å². The summed E-state index contributed by atoms with van der Waals surface area (Å²) in [4.78, 5) is 0. The van der Waals surface area contributed by atoms with Crippen molar-refractivity contribution < 1.29 is 4.42 Å². The molecule has 2 nitrogen and oxygen atoms in total. The molecule has 1 atom stereocenters. The van der Waals surface area contributed by atoms with Crippen molar-refractivity contribution in [3.05, 3.63) is 59.5 Å². The lowest BCUT2D eigenvalue weighted by atomic mass is 9.93. The second kappa shape index (κ2) is 4.99. The van der Waals surface area contributed by atoms with Crippen molar-refractivity contribution in [2.75, 3.05) is 7.05 Å². The number of hydrogen-bond acceptors (Lipinski definition) is 2. The van der Waals surface area contributed by atoms with E-state index >= 15 is 0 Å². The van der Waals surface area contributed by atoms with Gasteiger partial charge in [-0.05, 0) is 49.1 Å². The lowest BCUT2D eigenvalue weighted by Gasteiger charge is -2.21. The molecule has 2 aromatic rings. The Morgan fingerprint density at radius 1 is 1.17 bits per heavy atom. The maximum absolute atomic E-state index is 5.46. The van der Waals surface area contributed by atoms with Crippen molar-refractivity contribution in [1.29, 1.82) is 0 Å². The molecule has 0 spiro atoms. The summed E-state index contributed by atoms with van der Waals surface area (Å²) in [5.41, 5.74) is 3.03. The fraction of sp³-hybridized carbons (Fsp3) is 0.375. The Balaban J connectivity index is 1.71. The lowest BCUT2D eigenvalue weighted by molar-refractivity contribution is 0.357. The van der Waals surface area contributed by atoms with E-state index in [2.05, 4.69) is 42.7 Å². The van der Waals surface area contributed by atoms with Crippen LogP contribution < -0.4 is 5.32 Å². The normalized spacial score (nSPS) is 16.7. The van der Waals surface area contributed by atoms with Crippen LogP contribution in [0.15, 0.2) is 47.1 Å². The topological polar surface area (TPSA) is 25.2 Å². The predicted octanol–water partition coefficient (Wildman–Crippen LogP) is 2.83. The Bertz CT molecular complexity index is 476. The van der Waals surface area contributed by atoms with Gasteiger partial charge in [-0.15, -0.1) is 0 Å². The van der Waals surface area contributed by atoms with E-state index in [0.29, 0.717) is 12.0 Å². The molecule has 0 saturated carbocycles. The van der Waals surface area contributed by atoms with Gasteiger partial charge in [-0.25, -0.2) is 0 Å². The molecule has 1 N–H and O–H groups in total. The SMILES string of the molecule is CNC(Cc1ccco1)C1Cc2ccccc2C1. The van der Waals surface area contributed by atoms with Gasteiger partial charge < -0.3 is 9.73 Å². The van der Waals surface area contributed by atoms with E-state index in [9.17, 15) is 0 Å². The first-order chi connectivity index (χ1) is 8.86. The van der Waals surface area contributed by atoms with Gasteiger partial charge in [0.1, 0.15) is 5.76 Å². The number of furan rings is 1. The molecule has 0 bridgehead atoms. The van der Waals surface area contributed by atoms with Crippen LogP contribution in [0.1, 0.15) is 16.9 Å². The van der Waals surface area contributed by atoms with E-state index < -0.39 is 0 Å². The zero-order chi connectivity index (χ0) is 12.4. The van der Waals surface area contributed by atoms with Crippen LogP contribution in [0.25, 0.3) is 0 Å². The van der Waals surface area contributed by atoms with Crippen LogP contribution in [0, 0.1) is 5.92 Å². The van der Waals surface area contributed by atoms with Crippen molar-refractivity contribution in [3.63, 3.8) is 0 Å². The number of hydrogen-bond donors (Lipinski definition) is 1. The minimum Gasteiger partial charge on any atom is -0.469 e. The van der Waals surface area contributed by atoms with E-state index in [1.165, 1.54) is 24.0 Å². The zero-order valence-corrected chi connectivity index (χ0v) is 10.7. The third-order valence-corrected chi connectivity index (χ3v) is 4.02. The van der Waals surface area contributed by atoms with Gasteiger partial charge in [0.15, 0.2) is 0 Å². The molecular weight excluding hydrogens is 222 g/mol.